The Balaban J connectivity index is 2.09. The maximum atomic E-state index is 12.2. The molecule has 1 fully saturated rings. The Morgan fingerprint density at radius 1 is 1.43 bits per heavy atom. The molecule has 1 aliphatic carbocycles. The van der Waals surface area contributed by atoms with Crippen molar-refractivity contribution in [1.82, 2.24) is 14.9 Å². The minimum absolute atomic E-state index is 0.0910. The Labute approximate surface area is 140 Å². The number of nitrogens with one attached hydrogen (secondary N) is 1. The van der Waals surface area contributed by atoms with Crippen LogP contribution in [0.4, 0.5) is 0 Å². The molecule has 0 bridgehead atoms. The van der Waals surface area contributed by atoms with Crippen LogP contribution in [0.2, 0.25) is 0 Å². The standard InChI is InChI=1S/C16H25N3O3S/c1-10(2)11(3)17-14(21)9-23-16-18-13(20)8-15(22)19(16)12-6-4-5-7-12/h8,10-12,20H,4-7,9H2,1-3H3,(H,17,21). The number of carbonyl (C=O) groups is 1. The molecule has 1 aromatic heterocycles. The summed E-state index contributed by atoms with van der Waals surface area (Å²) in [5.74, 6) is 0.161. The van der Waals surface area contributed by atoms with Crippen molar-refractivity contribution >= 4 is 17.7 Å². The first-order chi connectivity index (χ1) is 10.9. The molecule has 0 saturated heterocycles. The van der Waals surface area contributed by atoms with Crippen LogP contribution in [0.15, 0.2) is 16.0 Å². The van der Waals surface area contributed by atoms with Crippen LogP contribution in [0.1, 0.15) is 52.5 Å². The van der Waals surface area contributed by atoms with Gasteiger partial charge in [0.1, 0.15) is 0 Å². The largest absolute Gasteiger partial charge is 0.493 e. The number of aromatic nitrogens is 2. The van der Waals surface area contributed by atoms with Crippen LogP contribution in [-0.4, -0.2) is 32.4 Å². The van der Waals surface area contributed by atoms with E-state index in [9.17, 15) is 14.7 Å². The molecule has 1 unspecified atom stereocenters. The van der Waals surface area contributed by atoms with Gasteiger partial charge >= 0.3 is 0 Å². The lowest BCUT2D eigenvalue weighted by Gasteiger charge is -2.19. The summed E-state index contributed by atoms with van der Waals surface area (Å²) in [6.07, 6.45) is 4.07. The van der Waals surface area contributed by atoms with Gasteiger partial charge < -0.3 is 10.4 Å². The monoisotopic (exact) mass is 339 g/mol. The number of nitrogens with zero attached hydrogens (tertiary/aromatic N) is 2. The maximum absolute atomic E-state index is 12.2. The van der Waals surface area contributed by atoms with E-state index in [1.54, 1.807) is 4.57 Å². The number of hydrogen-bond acceptors (Lipinski definition) is 5. The molecule has 7 heteroatoms. The highest BCUT2D eigenvalue weighted by Gasteiger charge is 2.22. The van der Waals surface area contributed by atoms with Crippen molar-refractivity contribution in [2.24, 2.45) is 5.92 Å². The van der Waals surface area contributed by atoms with Crippen LogP contribution < -0.4 is 10.9 Å². The van der Waals surface area contributed by atoms with Gasteiger partial charge in [0.2, 0.25) is 11.8 Å². The highest BCUT2D eigenvalue weighted by Crippen LogP contribution is 2.31. The fraction of sp³-hybridized carbons (Fsp3) is 0.688. The summed E-state index contributed by atoms with van der Waals surface area (Å²) >= 11 is 1.20. The highest BCUT2D eigenvalue weighted by molar-refractivity contribution is 7.99. The third-order valence-corrected chi connectivity index (χ3v) is 5.27. The van der Waals surface area contributed by atoms with E-state index in [4.69, 9.17) is 0 Å². The molecule has 1 amide bonds. The van der Waals surface area contributed by atoms with E-state index in [2.05, 4.69) is 10.3 Å². The third kappa shape index (κ3) is 4.73. The van der Waals surface area contributed by atoms with E-state index >= 15 is 0 Å². The van der Waals surface area contributed by atoms with E-state index in [-0.39, 0.29) is 35.2 Å². The van der Waals surface area contributed by atoms with E-state index in [1.165, 1.54) is 11.8 Å². The second-order valence-electron chi connectivity index (χ2n) is 6.43. The molecule has 0 aromatic carbocycles. The Morgan fingerprint density at radius 2 is 2.09 bits per heavy atom. The minimum Gasteiger partial charge on any atom is -0.493 e. The molecule has 1 atom stereocenters. The average Bonchev–Trinajstić information content (AvgIpc) is 2.98. The van der Waals surface area contributed by atoms with Crippen molar-refractivity contribution in [3.8, 4) is 5.88 Å². The normalized spacial score (nSPS) is 16.7. The van der Waals surface area contributed by atoms with E-state index < -0.39 is 0 Å². The predicted molar refractivity (Wildman–Crippen MR) is 90.8 cm³/mol. The second kappa shape index (κ2) is 7.86. The molecular formula is C16H25N3O3S. The fourth-order valence-electron chi connectivity index (χ4n) is 2.65. The summed E-state index contributed by atoms with van der Waals surface area (Å²) in [6.45, 7) is 6.06. The highest BCUT2D eigenvalue weighted by atomic mass is 32.2. The number of amides is 1. The van der Waals surface area contributed by atoms with E-state index in [0.29, 0.717) is 11.1 Å². The Morgan fingerprint density at radius 3 is 2.70 bits per heavy atom. The average molecular weight is 339 g/mol. The topological polar surface area (TPSA) is 84.2 Å². The summed E-state index contributed by atoms with van der Waals surface area (Å²) in [7, 11) is 0. The van der Waals surface area contributed by atoms with Crippen LogP contribution >= 0.6 is 11.8 Å². The van der Waals surface area contributed by atoms with Gasteiger partial charge in [-0.05, 0) is 25.7 Å². The molecule has 0 spiro atoms. The van der Waals surface area contributed by atoms with Gasteiger partial charge in [-0.1, -0.05) is 38.5 Å². The SMILES string of the molecule is CC(C)C(C)NC(=O)CSc1nc(O)cc(=O)n1C1CCCC1. The number of hydrogen-bond donors (Lipinski definition) is 2. The number of carbonyl (C=O) groups excluding carboxylic acids is 1. The molecule has 2 N–H and O–H groups in total. The van der Waals surface area contributed by atoms with Gasteiger partial charge in [0, 0.05) is 12.1 Å². The van der Waals surface area contributed by atoms with Crippen LogP contribution in [0.5, 0.6) is 5.88 Å². The predicted octanol–water partition coefficient (Wildman–Crippen LogP) is 2.32. The molecule has 0 radical (unpaired) electrons. The zero-order valence-corrected chi connectivity index (χ0v) is 14.7. The first-order valence-corrected chi connectivity index (χ1v) is 9.11. The summed E-state index contributed by atoms with van der Waals surface area (Å²) in [5.41, 5.74) is -0.247. The molecule has 1 saturated carbocycles. The number of thioether (sulfide) groups is 1. The summed E-state index contributed by atoms with van der Waals surface area (Å²) in [5, 5.41) is 13.0. The lowest BCUT2D eigenvalue weighted by Crippen LogP contribution is -2.37. The van der Waals surface area contributed by atoms with Crippen LogP contribution in [0.25, 0.3) is 0 Å². The number of aromatic hydroxyl groups is 1. The molecule has 1 aliphatic rings. The molecule has 2 rings (SSSR count). The molecule has 6 nitrogen and oxygen atoms in total. The van der Waals surface area contributed by atoms with Gasteiger partial charge in [0.05, 0.1) is 11.8 Å². The zero-order chi connectivity index (χ0) is 17.0. The summed E-state index contributed by atoms with van der Waals surface area (Å²) in [6, 6.07) is 1.36. The number of rotatable bonds is 6. The van der Waals surface area contributed by atoms with Crippen molar-refractivity contribution < 1.29 is 9.90 Å². The van der Waals surface area contributed by atoms with Crippen LogP contribution in [0.3, 0.4) is 0 Å². The second-order valence-corrected chi connectivity index (χ2v) is 7.37. The van der Waals surface area contributed by atoms with Gasteiger partial charge in [-0.15, -0.1) is 0 Å². The Bertz CT molecular complexity index is 609. The molecule has 0 aliphatic heterocycles. The first kappa shape index (κ1) is 17.8. The van der Waals surface area contributed by atoms with Crippen LogP contribution in [-0.2, 0) is 4.79 Å². The van der Waals surface area contributed by atoms with Crippen molar-refractivity contribution in [3.63, 3.8) is 0 Å². The van der Waals surface area contributed by atoms with Gasteiger partial charge in [0.15, 0.2) is 5.16 Å². The van der Waals surface area contributed by atoms with E-state index in [0.717, 1.165) is 31.7 Å². The van der Waals surface area contributed by atoms with Crippen molar-refractivity contribution in [1.29, 1.82) is 0 Å². The third-order valence-electron chi connectivity index (χ3n) is 4.32. The lowest BCUT2D eigenvalue weighted by atomic mass is 10.1. The first-order valence-electron chi connectivity index (χ1n) is 8.13. The maximum Gasteiger partial charge on any atom is 0.258 e. The molecule has 1 heterocycles. The summed E-state index contributed by atoms with van der Waals surface area (Å²) in [4.78, 5) is 28.3. The zero-order valence-electron chi connectivity index (χ0n) is 13.9. The molecule has 1 aromatic rings. The Hall–Kier alpha value is -1.50. The van der Waals surface area contributed by atoms with Gasteiger partial charge in [-0.3, -0.25) is 14.2 Å². The van der Waals surface area contributed by atoms with Gasteiger partial charge in [-0.25, -0.2) is 0 Å². The molecular weight excluding hydrogens is 314 g/mol. The fourth-order valence-corrected chi connectivity index (χ4v) is 3.53. The van der Waals surface area contributed by atoms with Gasteiger partial charge in [-0.2, -0.15) is 4.98 Å². The molecule has 23 heavy (non-hydrogen) atoms. The quantitative estimate of drug-likeness (QED) is 0.614. The minimum atomic E-state index is -0.289. The van der Waals surface area contributed by atoms with Gasteiger partial charge in [0.25, 0.3) is 5.56 Å². The Kier molecular flexibility index (Phi) is 6.10. The van der Waals surface area contributed by atoms with Crippen molar-refractivity contribution in [2.75, 3.05) is 5.75 Å². The van der Waals surface area contributed by atoms with Crippen LogP contribution in [0, 0.1) is 5.92 Å². The summed E-state index contributed by atoms with van der Waals surface area (Å²) < 4.78 is 1.64. The van der Waals surface area contributed by atoms with E-state index in [1.807, 2.05) is 20.8 Å². The van der Waals surface area contributed by atoms with Crippen molar-refractivity contribution in [2.45, 2.75) is 63.7 Å². The van der Waals surface area contributed by atoms with Crippen molar-refractivity contribution in [3.05, 3.63) is 16.4 Å². The lowest BCUT2D eigenvalue weighted by molar-refractivity contribution is -0.119. The molecule has 128 valence electrons. The smallest absolute Gasteiger partial charge is 0.258 e.